The highest BCUT2D eigenvalue weighted by Crippen LogP contribution is 2.30. The molecule has 0 aliphatic carbocycles. The van der Waals surface area contributed by atoms with E-state index in [1.165, 1.54) is 30.4 Å². The van der Waals surface area contributed by atoms with Gasteiger partial charge in [-0.2, -0.15) is 0 Å². The molecular weight excluding hydrogens is 362 g/mol. The van der Waals surface area contributed by atoms with E-state index in [1.54, 1.807) is 36.4 Å². The van der Waals surface area contributed by atoms with Crippen molar-refractivity contribution in [2.24, 2.45) is 7.05 Å². The molecule has 1 N–H and O–H groups in total. The lowest BCUT2D eigenvalue weighted by Gasteiger charge is -2.14. The highest BCUT2D eigenvalue weighted by Gasteiger charge is 2.15. The van der Waals surface area contributed by atoms with E-state index in [-0.39, 0.29) is 13.1 Å². The Bertz CT molecular complexity index is 1150. The Kier molecular flexibility index (Phi) is 5.49. The summed E-state index contributed by atoms with van der Waals surface area (Å²) in [6, 6.07) is 12.3. The van der Waals surface area contributed by atoms with Gasteiger partial charge in [-0.05, 0) is 18.2 Å². The number of hydrogen-bond acceptors (Lipinski definition) is 5. The summed E-state index contributed by atoms with van der Waals surface area (Å²) in [6.07, 6.45) is 0. The van der Waals surface area contributed by atoms with Gasteiger partial charge in [0.2, 0.25) is 5.91 Å². The molecule has 2 aromatic carbocycles. The smallest absolute Gasteiger partial charge is 0.317 e. The fourth-order valence-electron chi connectivity index (χ4n) is 3.10. The summed E-state index contributed by atoms with van der Waals surface area (Å²) >= 11 is 0. The zero-order valence-corrected chi connectivity index (χ0v) is 15.9. The predicted octanol–water partition coefficient (Wildman–Crippen LogP) is 1.03. The third-order valence-electron chi connectivity index (χ3n) is 4.53. The molecule has 1 heterocycles. The minimum Gasteiger partial charge on any atom is -0.493 e. The first-order valence-electron chi connectivity index (χ1n) is 8.63. The number of nitrogens with zero attached hydrogens (tertiary/aromatic N) is 2. The molecule has 0 bridgehead atoms. The molecule has 146 valence electrons. The highest BCUT2D eigenvalue weighted by atomic mass is 16.5. The number of rotatable bonds is 6. The third kappa shape index (κ3) is 3.48. The number of ether oxygens (including phenoxy) is 2. The topological polar surface area (TPSA) is 91.6 Å². The molecule has 0 saturated carbocycles. The van der Waals surface area contributed by atoms with Gasteiger partial charge in [0, 0.05) is 19.2 Å². The van der Waals surface area contributed by atoms with Gasteiger partial charge in [0.25, 0.3) is 0 Å². The van der Waals surface area contributed by atoms with Gasteiger partial charge in [-0.15, -0.1) is 0 Å². The van der Waals surface area contributed by atoms with Crippen LogP contribution in [0.3, 0.4) is 0 Å². The van der Waals surface area contributed by atoms with E-state index in [4.69, 9.17) is 9.47 Å². The maximum Gasteiger partial charge on any atom is 0.317 e. The summed E-state index contributed by atoms with van der Waals surface area (Å²) in [4.78, 5) is 37.1. The normalized spacial score (nSPS) is 10.7. The van der Waals surface area contributed by atoms with Crippen molar-refractivity contribution < 1.29 is 14.3 Å². The molecule has 0 unspecified atom stereocenters. The maximum absolute atomic E-state index is 12.5. The van der Waals surface area contributed by atoms with Gasteiger partial charge in [-0.25, -0.2) is 0 Å². The SMILES string of the molecule is COc1cccc(CNC(=O)Cn2c(=O)c(=O)n(C)c3ccccc32)c1OC. The quantitative estimate of drug-likeness (QED) is 0.642. The van der Waals surface area contributed by atoms with Crippen LogP contribution in [-0.4, -0.2) is 29.3 Å². The minimum atomic E-state index is -0.740. The molecule has 1 amide bonds. The van der Waals surface area contributed by atoms with E-state index in [2.05, 4.69) is 5.32 Å². The van der Waals surface area contributed by atoms with Crippen LogP contribution >= 0.6 is 0 Å². The van der Waals surface area contributed by atoms with Crippen molar-refractivity contribution in [2.45, 2.75) is 13.1 Å². The summed E-state index contributed by atoms with van der Waals surface area (Å²) in [6.45, 7) is -0.0710. The fraction of sp³-hybridized carbons (Fsp3) is 0.250. The van der Waals surface area contributed by atoms with Gasteiger partial charge >= 0.3 is 11.1 Å². The van der Waals surface area contributed by atoms with Gasteiger partial charge in [0.15, 0.2) is 11.5 Å². The number of methoxy groups -OCH3 is 2. The Morgan fingerprint density at radius 3 is 2.36 bits per heavy atom. The van der Waals surface area contributed by atoms with Crippen molar-refractivity contribution in [3.05, 3.63) is 68.7 Å². The summed E-state index contributed by atoms with van der Waals surface area (Å²) in [7, 11) is 4.59. The molecule has 28 heavy (non-hydrogen) atoms. The van der Waals surface area contributed by atoms with Crippen LogP contribution < -0.4 is 25.9 Å². The predicted molar refractivity (Wildman–Crippen MR) is 105 cm³/mol. The van der Waals surface area contributed by atoms with E-state index in [1.807, 2.05) is 6.07 Å². The summed E-state index contributed by atoms with van der Waals surface area (Å²) in [5, 5.41) is 2.76. The van der Waals surface area contributed by atoms with Gasteiger partial charge < -0.3 is 19.4 Å². The highest BCUT2D eigenvalue weighted by molar-refractivity contribution is 5.80. The molecule has 8 nitrogen and oxygen atoms in total. The number of carbonyl (C=O) groups is 1. The molecule has 0 aliphatic rings. The van der Waals surface area contributed by atoms with Crippen LogP contribution in [0.4, 0.5) is 0 Å². The Hall–Kier alpha value is -3.55. The van der Waals surface area contributed by atoms with Crippen LogP contribution in [0.25, 0.3) is 11.0 Å². The second-order valence-electron chi connectivity index (χ2n) is 6.17. The lowest BCUT2D eigenvalue weighted by Crippen LogP contribution is -2.43. The first-order valence-corrected chi connectivity index (χ1v) is 8.63. The lowest BCUT2D eigenvalue weighted by atomic mass is 10.2. The average Bonchev–Trinajstić information content (AvgIpc) is 2.73. The summed E-state index contributed by atoms with van der Waals surface area (Å²) in [5.74, 6) is 0.690. The number of para-hydroxylation sites is 3. The molecule has 0 saturated heterocycles. The van der Waals surface area contributed by atoms with Crippen molar-refractivity contribution >= 4 is 16.9 Å². The van der Waals surface area contributed by atoms with Crippen molar-refractivity contribution in [3.63, 3.8) is 0 Å². The van der Waals surface area contributed by atoms with Gasteiger partial charge in [-0.3, -0.25) is 19.0 Å². The van der Waals surface area contributed by atoms with Crippen LogP contribution in [0.15, 0.2) is 52.1 Å². The minimum absolute atomic E-state index is 0.191. The molecule has 1 aromatic heterocycles. The van der Waals surface area contributed by atoms with Crippen molar-refractivity contribution in [2.75, 3.05) is 14.2 Å². The third-order valence-corrected chi connectivity index (χ3v) is 4.53. The second kappa shape index (κ2) is 7.99. The van der Waals surface area contributed by atoms with Crippen molar-refractivity contribution in [3.8, 4) is 11.5 Å². The molecule has 0 atom stereocenters. The number of nitrogens with one attached hydrogen (secondary N) is 1. The lowest BCUT2D eigenvalue weighted by molar-refractivity contribution is -0.121. The number of aromatic nitrogens is 2. The summed E-state index contributed by atoms with van der Waals surface area (Å²) < 4.78 is 13.1. The number of hydrogen-bond donors (Lipinski definition) is 1. The van der Waals surface area contributed by atoms with Crippen molar-refractivity contribution in [1.82, 2.24) is 14.5 Å². The molecule has 8 heteroatoms. The number of fused-ring (bicyclic) bond motifs is 1. The molecule has 3 rings (SSSR count). The van der Waals surface area contributed by atoms with E-state index >= 15 is 0 Å². The Morgan fingerprint density at radius 2 is 1.68 bits per heavy atom. The first kappa shape index (κ1) is 19.2. The standard InChI is InChI=1S/C20H21N3O5/c1-22-14-8-4-5-9-15(14)23(20(26)19(22)25)12-17(24)21-11-13-7-6-10-16(27-2)18(13)28-3/h4-10H,11-12H2,1-3H3,(H,21,24). The Balaban J connectivity index is 1.86. The van der Waals surface area contributed by atoms with Crippen LogP contribution in [0.1, 0.15) is 5.56 Å². The molecule has 3 aromatic rings. The molecule has 0 spiro atoms. The molecule has 0 fully saturated rings. The largest absolute Gasteiger partial charge is 0.493 e. The van der Waals surface area contributed by atoms with Crippen LogP contribution in [0, 0.1) is 0 Å². The van der Waals surface area contributed by atoms with Gasteiger partial charge in [0.05, 0.1) is 25.3 Å². The zero-order chi connectivity index (χ0) is 20.3. The molecular formula is C20H21N3O5. The summed E-state index contributed by atoms with van der Waals surface area (Å²) in [5.41, 5.74) is 0.408. The Labute approximate surface area is 160 Å². The number of aryl methyl sites for hydroxylation is 1. The second-order valence-corrected chi connectivity index (χ2v) is 6.17. The molecule has 0 aliphatic heterocycles. The van der Waals surface area contributed by atoms with Crippen molar-refractivity contribution in [1.29, 1.82) is 0 Å². The monoisotopic (exact) mass is 383 g/mol. The van der Waals surface area contributed by atoms with Crippen LogP contribution in [-0.2, 0) is 24.9 Å². The first-order chi connectivity index (χ1) is 13.5. The number of benzene rings is 2. The van der Waals surface area contributed by atoms with E-state index in [0.29, 0.717) is 22.5 Å². The fourth-order valence-corrected chi connectivity index (χ4v) is 3.10. The molecule has 0 radical (unpaired) electrons. The van der Waals surface area contributed by atoms with Gasteiger partial charge in [0.1, 0.15) is 6.54 Å². The van der Waals surface area contributed by atoms with E-state index in [9.17, 15) is 14.4 Å². The van der Waals surface area contributed by atoms with Crippen LogP contribution in [0.2, 0.25) is 0 Å². The number of carbonyl (C=O) groups excluding carboxylic acids is 1. The number of amides is 1. The van der Waals surface area contributed by atoms with E-state index in [0.717, 1.165) is 5.56 Å². The maximum atomic E-state index is 12.5. The van der Waals surface area contributed by atoms with Crippen LogP contribution in [0.5, 0.6) is 11.5 Å². The van der Waals surface area contributed by atoms with Gasteiger partial charge in [-0.1, -0.05) is 24.3 Å². The Morgan fingerprint density at radius 1 is 0.964 bits per heavy atom. The average molecular weight is 383 g/mol. The zero-order valence-electron chi connectivity index (χ0n) is 15.9. The van der Waals surface area contributed by atoms with E-state index < -0.39 is 17.0 Å².